The number of nitrogens with one attached hydrogen (secondary N) is 1. The summed E-state index contributed by atoms with van der Waals surface area (Å²) in [6, 6.07) is 9.86. The maximum atomic E-state index is 4.59. The molecular formula is C16H20N8S. The third-order valence-corrected chi connectivity index (χ3v) is 4.92. The summed E-state index contributed by atoms with van der Waals surface area (Å²) in [4.78, 5) is 10.8. The molecule has 1 N–H and O–H groups in total. The molecule has 0 amide bonds. The van der Waals surface area contributed by atoms with Gasteiger partial charge in [-0.25, -0.2) is 0 Å². The van der Waals surface area contributed by atoms with Gasteiger partial charge in [0, 0.05) is 37.7 Å². The van der Waals surface area contributed by atoms with Gasteiger partial charge in [0.1, 0.15) is 5.69 Å². The maximum absolute atomic E-state index is 4.59. The largest absolute Gasteiger partial charge is 0.348 e. The molecule has 0 saturated carbocycles. The summed E-state index contributed by atoms with van der Waals surface area (Å²) in [6.45, 7) is 4.66. The quantitative estimate of drug-likeness (QED) is 0.742. The standard InChI is InChI=1S/C16H20N8S/c1-22-7-9-23(10-8-22)16-19-15(21-25-16)17-11-13-12-18-24(20-13)14-5-3-2-4-6-14/h2-6,12H,7-11H2,1H3,(H,17,21). The van der Waals surface area contributed by atoms with Gasteiger partial charge in [-0.1, -0.05) is 18.2 Å². The Kier molecular flexibility index (Phi) is 4.57. The van der Waals surface area contributed by atoms with Gasteiger partial charge in [0.05, 0.1) is 18.4 Å². The second kappa shape index (κ2) is 7.16. The van der Waals surface area contributed by atoms with Gasteiger partial charge in [0.25, 0.3) is 0 Å². The number of para-hydroxylation sites is 1. The normalized spacial score (nSPS) is 15.5. The van der Waals surface area contributed by atoms with E-state index in [2.05, 4.69) is 41.7 Å². The predicted molar refractivity (Wildman–Crippen MR) is 98.3 cm³/mol. The van der Waals surface area contributed by atoms with E-state index in [4.69, 9.17) is 0 Å². The lowest BCUT2D eigenvalue weighted by molar-refractivity contribution is 0.313. The van der Waals surface area contributed by atoms with E-state index in [0.717, 1.165) is 42.7 Å². The number of likely N-dealkylation sites (N-methyl/N-ethyl adjacent to an activating group) is 1. The highest BCUT2D eigenvalue weighted by Crippen LogP contribution is 2.21. The Hall–Kier alpha value is -2.52. The van der Waals surface area contributed by atoms with Crippen molar-refractivity contribution in [2.45, 2.75) is 6.54 Å². The molecule has 1 saturated heterocycles. The molecule has 9 heteroatoms. The molecule has 1 fully saturated rings. The van der Waals surface area contributed by atoms with Crippen molar-refractivity contribution in [2.24, 2.45) is 0 Å². The first-order valence-corrected chi connectivity index (χ1v) is 9.03. The molecule has 0 atom stereocenters. The van der Waals surface area contributed by atoms with Crippen molar-refractivity contribution >= 4 is 22.6 Å². The molecule has 130 valence electrons. The van der Waals surface area contributed by atoms with E-state index >= 15 is 0 Å². The second-order valence-corrected chi connectivity index (χ2v) is 6.74. The lowest BCUT2D eigenvalue weighted by Crippen LogP contribution is -2.44. The molecule has 3 heterocycles. The van der Waals surface area contributed by atoms with Crippen LogP contribution in [0.3, 0.4) is 0 Å². The third-order valence-electron chi connectivity index (χ3n) is 4.14. The first-order chi connectivity index (χ1) is 12.3. The first-order valence-electron chi connectivity index (χ1n) is 8.26. The van der Waals surface area contributed by atoms with Gasteiger partial charge in [-0.2, -0.15) is 24.4 Å². The van der Waals surface area contributed by atoms with Crippen molar-refractivity contribution in [1.29, 1.82) is 0 Å². The summed E-state index contributed by atoms with van der Waals surface area (Å²) < 4.78 is 4.40. The number of benzene rings is 1. The first kappa shape index (κ1) is 16.0. The second-order valence-electron chi connectivity index (χ2n) is 6.01. The Morgan fingerprint density at radius 1 is 1.12 bits per heavy atom. The summed E-state index contributed by atoms with van der Waals surface area (Å²) in [5.74, 6) is 0.646. The van der Waals surface area contributed by atoms with Crippen LogP contribution in [0.1, 0.15) is 5.69 Å². The number of nitrogens with zero attached hydrogens (tertiary/aromatic N) is 7. The molecule has 2 aromatic heterocycles. The number of aromatic nitrogens is 5. The summed E-state index contributed by atoms with van der Waals surface area (Å²) in [5, 5.41) is 13.0. The van der Waals surface area contributed by atoms with Crippen molar-refractivity contribution in [1.82, 2.24) is 29.3 Å². The molecule has 0 spiro atoms. The zero-order valence-corrected chi connectivity index (χ0v) is 14.9. The molecule has 0 unspecified atom stereocenters. The van der Waals surface area contributed by atoms with Crippen molar-refractivity contribution in [3.05, 3.63) is 42.2 Å². The minimum atomic E-state index is 0.547. The van der Waals surface area contributed by atoms with Crippen molar-refractivity contribution in [2.75, 3.05) is 43.4 Å². The Labute approximate surface area is 150 Å². The monoisotopic (exact) mass is 356 g/mol. The van der Waals surface area contributed by atoms with Crippen LogP contribution in [-0.2, 0) is 6.54 Å². The van der Waals surface area contributed by atoms with Crippen LogP contribution in [0, 0.1) is 0 Å². The minimum absolute atomic E-state index is 0.547. The van der Waals surface area contributed by atoms with E-state index in [1.807, 2.05) is 30.3 Å². The van der Waals surface area contributed by atoms with Gasteiger partial charge in [0.2, 0.25) is 11.1 Å². The summed E-state index contributed by atoms with van der Waals surface area (Å²) in [7, 11) is 2.15. The van der Waals surface area contributed by atoms with Crippen LogP contribution in [0.2, 0.25) is 0 Å². The molecule has 0 radical (unpaired) electrons. The molecule has 1 aliphatic heterocycles. The third kappa shape index (κ3) is 3.77. The zero-order valence-electron chi connectivity index (χ0n) is 14.0. The van der Waals surface area contributed by atoms with Gasteiger partial charge in [-0.15, -0.1) is 0 Å². The van der Waals surface area contributed by atoms with Crippen LogP contribution in [0.15, 0.2) is 36.5 Å². The molecule has 0 bridgehead atoms. The Morgan fingerprint density at radius 3 is 2.72 bits per heavy atom. The lowest BCUT2D eigenvalue weighted by atomic mass is 10.3. The predicted octanol–water partition coefficient (Wildman–Crippen LogP) is 1.48. The van der Waals surface area contributed by atoms with Crippen LogP contribution in [-0.4, -0.2) is 62.5 Å². The van der Waals surface area contributed by atoms with Crippen LogP contribution >= 0.6 is 11.5 Å². The van der Waals surface area contributed by atoms with Crippen LogP contribution < -0.4 is 10.2 Å². The molecule has 25 heavy (non-hydrogen) atoms. The molecular weight excluding hydrogens is 336 g/mol. The Balaban J connectivity index is 1.35. The van der Waals surface area contributed by atoms with E-state index in [9.17, 15) is 0 Å². The van der Waals surface area contributed by atoms with E-state index in [1.54, 1.807) is 11.0 Å². The van der Waals surface area contributed by atoms with E-state index in [0.29, 0.717) is 12.5 Å². The van der Waals surface area contributed by atoms with Crippen molar-refractivity contribution in [3.8, 4) is 5.69 Å². The van der Waals surface area contributed by atoms with Gasteiger partial charge in [-0.3, -0.25) is 0 Å². The number of anilines is 2. The van der Waals surface area contributed by atoms with E-state index < -0.39 is 0 Å². The number of hydrogen-bond donors (Lipinski definition) is 1. The number of rotatable bonds is 5. The summed E-state index contributed by atoms with van der Waals surface area (Å²) >= 11 is 1.44. The van der Waals surface area contributed by atoms with Crippen molar-refractivity contribution < 1.29 is 0 Å². The summed E-state index contributed by atoms with van der Waals surface area (Å²) in [6.07, 6.45) is 1.76. The SMILES string of the molecule is CN1CCN(c2nc(NCc3cnn(-c4ccccc4)n3)ns2)CC1. The van der Waals surface area contributed by atoms with Gasteiger partial charge in [0.15, 0.2) is 0 Å². The smallest absolute Gasteiger partial charge is 0.236 e. The number of piperazine rings is 1. The van der Waals surface area contributed by atoms with Gasteiger partial charge >= 0.3 is 0 Å². The van der Waals surface area contributed by atoms with E-state index in [-0.39, 0.29) is 0 Å². The fraction of sp³-hybridized carbons (Fsp3) is 0.375. The fourth-order valence-electron chi connectivity index (χ4n) is 2.64. The fourth-order valence-corrected chi connectivity index (χ4v) is 3.34. The highest BCUT2D eigenvalue weighted by molar-refractivity contribution is 7.09. The van der Waals surface area contributed by atoms with Crippen LogP contribution in [0.5, 0.6) is 0 Å². The average molecular weight is 356 g/mol. The molecule has 8 nitrogen and oxygen atoms in total. The highest BCUT2D eigenvalue weighted by atomic mass is 32.1. The minimum Gasteiger partial charge on any atom is -0.348 e. The molecule has 0 aliphatic carbocycles. The average Bonchev–Trinajstić information content (AvgIpc) is 3.31. The Morgan fingerprint density at radius 2 is 1.92 bits per heavy atom. The molecule has 1 aromatic carbocycles. The van der Waals surface area contributed by atoms with Crippen molar-refractivity contribution in [3.63, 3.8) is 0 Å². The molecule has 4 rings (SSSR count). The molecule has 3 aromatic rings. The topological polar surface area (TPSA) is 75.0 Å². The lowest BCUT2D eigenvalue weighted by Gasteiger charge is -2.31. The van der Waals surface area contributed by atoms with Crippen LogP contribution in [0.4, 0.5) is 11.1 Å². The summed E-state index contributed by atoms with van der Waals surface area (Å²) in [5.41, 5.74) is 1.79. The van der Waals surface area contributed by atoms with Gasteiger partial charge < -0.3 is 15.1 Å². The van der Waals surface area contributed by atoms with E-state index in [1.165, 1.54) is 11.5 Å². The van der Waals surface area contributed by atoms with Gasteiger partial charge in [-0.05, 0) is 19.2 Å². The van der Waals surface area contributed by atoms with Crippen LogP contribution in [0.25, 0.3) is 5.69 Å². The number of hydrogen-bond acceptors (Lipinski definition) is 8. The zero-order chi connectivity index (χ0) is 17.1. The Bertz CT molecular complexity index is 806. The highest BCUT2D eigenvalue weighted by Gasteiger charge is 2.17. The molecule has 1 aliphatic rings. The maximum Gasteiger partial charge on any atom is 0.236 e.